The van der Waals surface area contributed by atoms with E-state index in [1.807, 2.05) is 0 Å². The van der Waals surface area contributed by atoms with Crippen LogP contribution in [-0.2, 0) is 0 Å². The number of benzene rings is 1. The maximum absolute atomic E-state index is 12.6. The monoisotopic (exact) mass is 210 g/mol. The quantitative estimate of drug-likeness (QED) is 0.796. The smallest absolute Gasteiger partial charge is 0.268 e. The van der Waals surface area contributed by atoms with Crippen LogP contribution in [0.5, 0.6) is 0 Å². The summed E-state index contributed by atoms with van der Waals surface area (Å²) in [6, 6.07) is 2.90. The van der Waals surface area contributed by atoms with Crippen molar-refractivity contribution in [3.8, 4) is 0 Å². The zero-order valence-corrected chi connectivity index (χ0v) is 7.10. The Bertz CT molecular complexity index is 283. The summed E-state index contributed by atoms with van der Waals surface area (Å²) in [5.41, 5.74) is -0.222. The molecule has 0 aliphatic rings. The molecule has 0 radical (unpaired) electrons. The van der Waals surface area contributed by atoms with Crippen molar-refractivity contribution in [2.45, 2.75) is 12.5 Å². The van der Waals surface area contributed by atoms with E-state index in [-0.39, 0.29) is 10.6 Å². The number of hydrogen-bond donors (Lipinski definition) is 1. The molecule has 13 heavy (non-hydrogen) atoms. The third-order valence-corrected chi connectivity index (χ3v) is 1.68. The highest BCUT2D eigenvalue weighted by atomic mass is 35.5. The highest BCUT2D eigenvalue weighted by molar-refractivity contribution is 6.30. The summed E-state index contributed by atoms with van der Waals surface area (Å²) in [6.07, 6.45) is -4.94. The van der Waals surface area contributed by atoms with Crippen molar-refractivity contribution >= 4 is 11.6 Å². The first-order valence-corrected chi connectivity index (χ1v) is 3.80. The van der Waals surface area contributed by atoms with Crippen LogP contribution in [0.2, 0.25) is 5.02 Å². The third-order valence-electron chi connectivity index (χ3n) is 1.47. The van der Waals surface area contributed by atoms with Gasteiger partial charge in [0.15, 0.2) is 0 Å². The van der Waals surface area contributed by atoms with E-state index in [0.717, 1.165) is 18.2 Å². The zero-order chi connectivity index (χ0) is 10.0. The Hall–Kier alpha value is -0.740. The van der Waals surface area contributed by atoms with Crippen molar-refractivity contribution in [3.05, 3.63) is 34.6 Å². The van der Waals surface area contributed by atoms with Crippen molar-refractivity contribution in [2.75, 3.05) is 0 Å². The van der Waals surface area contributed by atoms with Crippen LogP contribution in [-0.4, -0.2) is 11.5 Å². The molecule has 1 aromatic rings. The summed E-state index contributed by atoms with van der Waals surface area (Å²) in [6.45, 7) is 0. The number of aliphatic hydroxyl groups is 1. The second kappa shape index (κ2) is 3.98. The topological polar surface area (TPSA) is 20.2 Å². The molecule has 72 valence electrons. The van der Waals surface area contributed by atoms with Crippen LogP contribution in [0.4, 0.5) is 13.2 Å². The largest absolute Gasteiger partial charge is 0.382 e. The number of hydrogen-bond acceptors (Lipinski definition) is 1. The van der Waals surface area contributed by atoms with Gasteiger partial charge in [-0.05, 0) is 23.8 Å². The molecule has 0 saturated heterocycles. The first kappa shape index (κ1) is 10.3. The van der Waals surface area contributed by atoms with Gasteiger partial charge in [0.05, 0.1) is 0 Å². The predicted molar refractivity (Wildman–Crippen MR) is 42.4 cm³/mol. The fourth-order valence-electron chi connectivity index (χ4n) is 0.891. The molecule has 0 spiro atoms. The lowest BCUT2D eigenvalue weighted by Crippen LogP contribution is -2.08. The van der Waals surface area contributed by atoms with Gasteiger partial charge in [-0.15, -0.1) is 0 Å². The second-order valence-electron chi connectivity index (χ2n) is 2.48. The van der Waals surface area contributed by atoms with Gasteiger partial charge in [0, 0.05) is 5.02 Å². The van der Waals surface area contributed by atoms with Gasteiger partial charge in [0.1, 0.15) is 11.9 Å². The van der Waals surface area contributed by atoms with Crippen molar-refractivity contribution in [1.29, 1.82) is 0 Å². The van der Waals surface area contributed by atoms with Gasteiger partial charge < -0.3 is 5.11 Å². The van der Waals surface area contributed by atoms with E-state index in [4.69, 9.17) is 16.7 Å². The molecule has 0 heterocycles. The highest BCUT2D eigenvalue weighted by Crippen LogP contribution is 2.24. The van der Waals surface area contributed by atoms with Gasteiger partial charge in [-0.3, -0.25) is 0 Å². The summed E-state index contributed by atoms with van der Waals surface area (Å²) in [5.74, 6) is -0.748. The molecule has 0 saturated carbocycles. The molecule has 0 aliphatic heterocycles. The van der Waals surface area contributed by atoms with Crippen LogP contribution in [0, 0.1) is 5.82 Å². The average Bonchev–Trinajstić information content (AvgIpc) is 2.01. The number of aliphatic hydroxyl groups excluding tert-OH is 1. The Morgan fingerprint density at radius 3 is 2.31 bits per heavy atom. The number of rotatable bonds is 2. The fourth-order valence-corrected chi connectivity index (χ4v) is 1.12. The van der Waals surface area contributed by atoms with Crippen LogP contribution < -0.4 is 0 Å². The molecule has 0 aromatic heterocycles. The molecule has 0 amide bonds. The standard InChI is InChI=1S/C8H6ClF3O/c9-5-1-4(2-6(10)3-5)7(13)8(11)12/h1-3,7-8,13H. The van der Waals surface area contributed by atoms with Crippen molar-refractivity contribution < 1.29 is 18.3 Å². The lowest BCUT2D eigenvalue weighted by Gasteiger charge is -2.09. The first-order chi connectivity index (χ1) is 6.00. The maximum atomic E-state index is 12.6. The zero-order valence-electron chi connectivity index (χ0n) is 6.35. The van der Waals surface area contributed by atoms with Gasteiger partial charge in [-0.2, -0.15) is 0 Å². The predicted octanol–water partition coefficient (Wildman–Crippen LogP) is 2.78. The van der Waals surface area contributed by atoms with Gasteiger partial charge in [-0.25, -0.2) is 13.2 Å². The normalized spacial score (nSPS) is 13.4. The van der Waals surface area contributed by atoms with E-state index >= 15 is 0 Å². The molecule has 1 N–H and O–H groups in total. The molecule has 5 heteroatoms. The van der Waals surface area contributed by atoms with Crippen molar-refractivity contribution in [1.82, 2.24) is 0 Å². The number of halogens is 4. The van der Waals surface area contributed by atoms with E-state index in [9.17, 15) is 13.2 Å². The van der Waals surface area contributed by atoms with Gasteiger partial charge in [-0.1, -0.05) is 11.6 Å². The molecular formula is C8H6ClF3O. The molecule has 1 rings (SSSR count). The lowest BCUT2D eigenvalue weighted by molar-refractivity contribution is -0.00591. The average molecular weight is 211 g/mol. The van der Waals surface area contributed by atoms with Crippen LogP contribution in [0.1, 0.15) is 11.7 Å². The van der Waals surface area contributed by atoms with Crippen molar-refractivity contribution in [2.24, 2.45) is 0 Å². The Balaban J connectivity index is 3.01. The van der Waals surface area contributed by atoms with Crippen LogP contribution in [0.25, 0.3) is 0 Å². The van der Waals surface area contributed by atoms with Gasteiger partial charge in [0.2, 0.25) is 0 Å². The summed E-state index contributed by atoms with van der Waals surface area (Å²) in [7, 11) is 0. The summed E-state index contributed by atoms with van der Waals surface area (Å²) in [5, 5.41) is 8.85. The number of alkyl halides is 2. The maximum Gasteiger partial charge on any atom is 0.268 e. The third kappa shape index (κ3) is 2.60. The fraction of sp³-hybridized carbons (Fsp3) is 0.250. The SMILES string of the molecule is OC(c1cc(F)cc(Cl)c1)C(F)F. The van der Waals surface area contributed by atoms with E-state index in [1.54, 1.807) is 0 Å². The molecular weight excluding hydrogens is 205 g/mol. The van der Waals surface area contributed by atoms with E-state index < -0.39 is 18.3 Å². The van der Waals surface area contributed by atoms with Crippen molar-refractivity contribution in [3.63, 3.8) is 0 Å². The Morgan fingerprint density at radius 1 is 1.23 bits per heavy atom. The molecule has 0 aliphatic carbocycles. The molecule has 0 bridgehead atoms. The molecule has 0 fully saturated rings. The minimum absolute atomic E-state index is 0.0188. The Morgan fingerprint density at radius 2 is 1.85 bits per heavy atom. The summed E-state index contributed by atoms with van der Waals surface area (Å²) in [4.78, 5) is 0. The minimum Gasteiger partial charge on any atom is -0.382 e. The lowest BCUT2D eigenvalue weighted by atomic mass is 10.1. The molecule has 1 unspecified atom stereocenters. The summed E-state index contributed by atoms with van der Waals surface area (Å²) >= 11 is 5.40. The van der Waals surface area contributed by atoms with Crippen LogP contribution >= 0.6 is 11.6 Å². The van der Waals surface area contributed by atoms with E-state index in [1.165, 1.54) is 0 Å². The van der Waals surface area contributed by atoms with Gasteiger partial charge >= 0.3 is 0 Å². The van der Waals surface area contributed by atoms with E-state index in [0.29, 0.717) is 0 Å². The van der Waals surface area contributed by atoms with Crippen LogP contribution in [0.15, 0.2) is 18.2 Å². The minimum atomic E-state index is -2.95. The van der Waals surface area contributed by atoms with Gasteiger partial charge in [0.25, 0.3) is 6.43 Å². The van der Waals surface area contributed by atoms with E-state index in [2.05, 4.69) is 0 Å². The Kier molecular flexibility index (Phi) is 3.17. The first-order valence-electron chi connectivity index (χ1n) is 3.43. The molecule has 1 aromatic carbocycles. The molecule has 1 nitrogen and oxygen atoms in total. The highest BCUT2D eigenvalue weighted by Gasteiger charge is 2.19. The molecule has 1 atom stereocenters. The summed E-state index contributed by atoms with van der Waals surface area (Å²) < 4.78 is 36.5. The second-order valence-corrected chi connectivity index (χ2v) is 2.92. The van der Waals surface area contributed by atoms with Crippen LogP contribution in [0.3, 0.4) is 0 Å². The Labute approximate surface area is 77.8 Å².